The van der Waals surface area contributed by atoms with Crippen LogP contribution in [0, 0.1) is 0 Å². The largest absolute Gasteiger partial charge is 0.375 e. The van der Waals surface area contributed by atoms with Gasteiger partial charge >= 0.3 is 0 Å². The van der Waals surface area contributed by atoms with Crippen LogP contribution in [-0.4, -0.2) is 30.5 Å². The maximum atomic E-state index is 12.2. The van der Waals surface area contributed by atoms with Crippen molar-refractivity contribution in [1.82, 2.24) is 15.8 Å². The molecule has 0 unspecified atom stereocenters. The fraction of sp³-hybridized carbons (Fsp3) is 0.154. The Labute approximate surface area is 124 Å². The minimum atomic E-state index is -0.734. The Morgan fingerprint density at radius 3 is 2.81 bits per heavy atom. The Bertz CT molecular complexity index is 757. The summed E-state index contributed by atoms with van der Waals surface area (Å²) in [6.45, 7) is -0.204. The van der Waals surface area contributed by atoms with Gasteiger partial charge in [0.05, 0.1) is 0 Å². The van der Waals surface area contributed by atoms with Crippen LogP contribution >= 0.6 is 11.6 Å². The molecule has 0 atom stereocenters. The fourth-order valence-corrected chi connectivity index (χ4v) is 1.89. The Balaban J connectivity index is 2.26. The molecule has 0 bridgehead atoms. The average Bonchev–Trinajstić information content (AvgIpc) is 2.46. The molecule has 0 saturated heterocycles. The third kappa shape index (κ3) is 3.39. The molecule has 0 spiro atoms. The number of ether oxygens (including phenoxy) is 1. The lowest BCUT2D eigenvalue weighted by atomic mass is 10.1. The van der Waals surface area contributed by atoms with Gasteiger partial charge in [0, 0.05) is 29.2 Å². The number of fused-ring (bicyclic) bond motifs is 1. The molecular weight excluding hydrogens is 298 g/mol. The number of hydrazine groups is 1. The molecule has 0 aliphatic rings. The highest BCUT2D eigenvalue weighted by Gasteiger charge is 2.13. The third-order valence-corrected chi connectivity index (χ3v) is 2.91. The van der Waals surface area contributed by atoms with E-state index in [1.807, 2.05) is 0 Å². The number of aromatic amines is 1. The summed E-state index contributed by atoms with van der Waals surface area (Å²) in [5.74, 6) is -1.27. The Morgan fingerprint density at radius 2 is 2.10 bits per heavy atom. The topological polar surface area (TPSA) is 100 Å². The average molecular weight is 310 g/mol. The SMILES string of the molecule is COCC(=O)NNC(=O)c1c[nH]c2ccc(Cl)cc2c1=O. The summed E-state index contributed by atoms with van der Waals surface area (Å²) in [6.07, 6.45) is 1.27. The number of carbonyl (C=O) groups excluding carboxylic acids is 2. The first kappa shape index (κ1) is 15.0. The van der Waals surface area contributed by atoms with Crippen molar-refractivity contribution in [3.05, 3.63) is 45.2 Å². The minimum absolute atomic E-state index is 0.137. The van der Waals surface area contributed by atoms with Crippen molar-refractivity contribution in [3.8, 4) is 0 Å². The molecule has 1 aromatic carbocycles. The Morgan fingerprint density at radius 1 is 1.33 bits per heavy atom. The van der Waals surface area contributed by atoms with Gasteiger partial charge in [0.1, 0.15) is 12.2 Å². The zero-order chi connectivity index (χ0) is 15.4. The van der Waals surface area contributed by atoms with Crippen LogP contribution < -0.4 is 16.3 Å². The molecule has 0 fully saturated rings. The maximum absolute atomic E-state index is 12.2. The van der Waals surface area contributed by atoms with Gasteiger partial charge in [-0.05, 0) is 18.2 Å². The van der Waals surface area contributed by atoms with Crippen molar-refractivity contribution in [1.29, 1.82) is 0 Å². The van der Waals surface area contributed by atoms with Crippen molar-refractivity contribution in [2.75, 3.05) is 13.7 Å². The van der Waals surface area contributed by atoms with Crippen molar-refractivity contribution < 1.29 is 14.3 Å². The van der Waals surface area contributed by atoms with E-state index in [-0.39, 0.29) is 12.2 Å². The number of rotatable bonds is 3. The summed E-state index contributed by atoms with van der Waals surface area (Å²) in [5, 5.41) is 0.678. The van der Waals surface area contributed by atoms with Gasteiger partial charge in [0.2, 0.25) is 5.43 Å². The first-order valence-electron chi connectivity index (χ1n) is 5.92. The van der Waals surface area contributed by atoms with E-state index in [0.717, 1.165) is 0 Å². The predicted molar refractivity (Wildman–Crippen MR) is 77.1 cm³/mol. The fourth-order valence-electron chi connectivity index (χ4n) is 1.72. The number of H-pyrrole nitrogens is 1. The molecule has 110 valence electrons. The molecule has 2 aromatic rings. The summed E-state index contributed by atoms with van der Waals surface area (Å²) in [6, 6.07) is 4.74. The number of carbonyl (C=O) groups is 2. The quantitative estimate of drug-likeness (QED) is 0.722. The van der Waals surface area contributed by atoms with Gasteiger partial charge in [-0.1, -0.05) is 11.6 Å². The molecule has 1 aromatic heterocycles. The summed E-state index contributed by atoms with van der Waals surface area (Å²) in [7, 11) is 1.35. The zero-order valence-electron chi connectivity index (χ0n) is 11.0. The molecule has 0 radical (unpaired) electrons. The van der Waals surface area contributed by atoms with Crippen LogP contribution in [0.25, 0.3) is 10.9 Å². The summed E-state index contributed by atoms with van der Waals surface area (Å²) in [5.41, 5.74) is 4.20. The molecule has 7 nitrogen and oxygen atoms in total. The van der Waals surface area contributed by atoms with E-state index in [0.29, 0.717) is 15.9 Å². The lowest BCUT2D eigenvalue weighted by Gasteiger charge is -2.07. The number of halogens is 1. The highest BCUT2D eigenvalue weighted by atomic mass is 35.5. The Kier molecular flexibility index (Phi) is 4.56. The zero-order valence-corrected chi connectivity index (χ0v) is 11.8. The summed E-state index contributed by atoms with van der Waals surface area (Å²) >= 11 is 5.84. The number of benzene rings is 1. The highest BCUT2D eigenvalue weighted by Crippen LogP contribution is 2.14. The van der Waals surface area contributed by atoms with Crippen LogP contribution in [0.2, 0.25) is 5.02 Å². The molecule has 1 heterocycles. The van der Waals surface area contributed by atoms with Gasteiger partial charge in [0.25, 0.3) is 11.8 Å². The van der Waals surface area contributed by atoms with Crippen molar-refractivity contribution in [2.24, 2.45) is 0 Å². The molecule has 8 heteroatoms. The number of hydrogen-bond acceptors (Lipinski definition) is 4. The second-order valence-corrected chi connectivity index (χ2v) is 4.59. The second-order valence-electron chi connectivity index (χ2n) is 4.16. The number of amides is 2. The lowest BCUT2D eigenvalue weighted by molar-refractivity contribution is -0.125. The normalized spacial score (nSPS) is 10.4. The van der Waals surface area contributed by atoms with Gasteiger partial charge < -0.3 is 9.72 Å². The monoisotopic (exact) mass is 309 g/mol. The lowest BCUT2D eigenvalue weighted by Crippen LogP contribution is -2.44. The van der Waals surface area contributed by atoms with Crippen LogP contribution in [0.5, 0.6) is 0 Å². The number of hydrogen-bond donors (Lipinski definition) is 3. The van der Waals surface area contributed by atoms with Gasteiger partial charge in [-0.2, -0.15) is 0 Å². The van der Waals surface area contributed by atoms with Crippen molar-refractivity contribution >= 4 is 34.3 Å². The third-order valence-electron chi connectivity index (χ3n) is 2.68. The van der Waals surface area contributed by atoms with Gasteiger partial charge in [0.15, 0.2) is 0 Å². The van der Waals surface area contributed by atoms with E-state index in [4.69, 9.17) is 11.6 Å². The molecule has 0 aliphatic heterocycles. The van der Waals surface area contributed by atoms with Crippen LogP contribution in [-0.2, 0) is 9.53 Å². The van der Waals surface area contributed by atoms with Crippen LogP contribution in [0.4, 0.5) is 0 Å². The summed E-state index contributed by atoms with van der Waals surface area (Å²) < 4.78 is 4.59. The van der Waals surface area contributed by atoms with Crippen LogP contribution in [0.1, 0.15) is 10.4 Å². The predicted octanol–water partition coefficient (Wildman–Crippen LogP) is 0.589. The van der Waals surface area contributed by atoms with E-state index in [2.05, 4.69) is 20.6 Å². The van der Waals surface area contributed by atoms with Crippen molar-refractivity contribution in [2.45, 2.75) is 0 Å². The second kappa shape index (κ2) is 6.38. The standard InChI is InChI=1S/C13H12ClN3O4/c1-21-6-11(18)16-17-13(20)9-5-15-10-3-2-7(14)4-8(10)12(9)19/h2-5H,6H2,1H3,(H,15,19)(H,16,18)(H,17,20). The van der Waals surface area contributed by atoms with E-state index in [1.54, 1.807) is 12.1 Å². The molecule has 2 amide bonds. The first-order chi connectivity index (χ1) is 10.0. The molecule has 0 aliphatic carbocycles. The van der Waals surface area contributed by atoms with E-state index in [9.17, 15) is 14.4 Å². The molecule has 3 N–H and O–H groups in total. The van der Waals surface area contributed by atoms with Gasteiger partial charge in [-0.25, -0.2) is 0 Å². The van der Waals surface area contributed by atoms with Crippen LogP contribution in [0.15, 0.2) is 29.2 Å². The van der Waals surface area contributed by atoms with Crippen molar-refractivity contribution in [3.63, 3.8) is 0 Å². The maximum Gasteiger partial charge on any atom is 0.275 e. The van der Waals surface area contributed by atoms with E-state index >= 15 is 0 Å². The van der Waals surface area contributed by atoms with Crippen LogP contribution in [0.3, 0.4) is 0 Å². The first-order valence-corrected chi connectivity index (χ1v) is 6.30. The van der Waals surface area contributed by atoms with E-state index < -0.39 is 17.2 Å². The molecule has 2 rings (SSSR count). The Hall–Kier alpha value is -2.38. The number of pyridine rings is 1. The van der Waals surface area contributed by atoms with Gasteiger partial charge in [-0.3, -0.25) is 25.2 Å². The molecule has 21 heavy (non-hydrogen) atoms. The summed E-state index contributed by atoms with van der Waals surface area (Å²) in [4.78, 5) is 38.1. The molecule has 0 saturated carbocycles. The number of aromatic nitrogens is 1. The highest BCUT2D eigenvalue weighted by molar-refractivity contribution is 6.31. The minimum Gasteiger partial charge on any atom is -0.375 e. The number of methoxy groups -OCH3 is 1. The number of nitrogens with one attached hydrogen (secondary N) is 3. The smallest absolute Gasteiger partial charge is 0.275 e. The molecular formula is C13H12ClN3O4. The van der Waals surface area contributed by atoms with E-state index in [1.165, 1.54) is 19.4 Å². The van der Waals surface area contributed by atoms with Gasteiger partial charge in [-0.15, -0.1) is 0 Å².